The Bertz CT molecular complexity index is 753. The Labute approximate surface area is 177 Å². The molecule has 1 aromatic carbocycles. The summed E-state index contributed by atoms with van der Waals surface area (Å²) in [6.45, 7) is 5.11. The first kappa shape index (κ1) is 20.3. The fraction of sp³-hybridized carbons (Fsp3) is 0.545. The van der Waals surface area contributed by atoms with Gasteiger partial charge in [0.15, 0.2) is 5.11 Å². The van der Waals surface area contributed by atoms with Crippen LogP contribution >= 0.6 is 12.2 Å². The molecule has 1 saturated carbocycles. The lowest BCUT2D eigenvalue weighted by atomic mass is 9.94. The number of carbonyl (C=O) groups excluding carboxylic acids is 1. The number of benzene rings is 1. The van der Waals surface area contributed by atoms with E-state index in [0.717, 1.165) is 57.0 Å². The van der Waals surface area contributed by atoms with Crippen LogP contribution in [-0.4, -0.2) is 66.3 Å². The van der Waals surface area contributed by atoms with Crippen LogP contribution in [0.4, 0.5) is 0 Å². The van der Waals surface area contributed by atoms with E-state index in [-0.39, 0.29) is 11.9 Å². The van der Waals surface area contributed by atoms with E-state index in [4.69, 9.17) is 21.7 Å². The molecule has 0 radical (unpaired) electrons. The van der Waals surface area contributed by atoms with Crippen molar-refractivity contribution in [1.82, 2.24) is 15.1 Å². The van der Waals surface area contributed by atoms with Crippen molar-refractivity contribution >= 4 is 29.3 Å². The molecule has 4 rings (SSSR count). The summed E-state index contributed by atoms with van der Waals surface area (Å²) < 4.78 is 11.2. The molecule has 3 fully saturated rings. The van der Waals surface area contributed by atoms with E-state index in [0.29, 0.717) is 17.4 Å². The van der Waals surface area contributed by atoms with Gasteiger partial charge in [0.1, 0.15) is 18.1 Å². The highest BCUT2D eigenvalue weighted by Gasteiger charge is 2.36. The average Bonchev–Trinajstić information content (AvgIpc) is 3.03. The Balaban J connectivity index is 1.32. The van der Waals surface area contributed by atoms with Crippen molar-refractivity contribution in [1.29, 1.82) is 0 Å². The minimum Gasteiger partial charge on any atom is -0.492 e. The number of ether oxygens (including phenoxy) is 2. The highest BCUT2D eigenvalue weighted by Crippen LogP contribution is 2.27. The Morgan fingerprint density at radius 3 is 2.59 bits per heavy atom. The summed E-state index contributed by atoms with van der Waals surface area (Å²) in [6.07, 6.45) is 7.54. The Hall–Kier alpha value is -1.96. The van der Waals surface area contributed by atoms with Crippen molar-refractivity contribution in [3.05, 3.63) is 35.5 Å². The lowest BCUT2D eigenvalue weighted by Gasteiger charge is -2.29. The maximum Gasteiger partial charge on any atom is 0.276 e. The first-order chi connectivity index (χ1) is 14.2. The van der Waals surface area contributed by atoms with E-state index >= 15 is 0 Å². The molecule has 0 atom stereocenters. The summed E-state index contributed by atoms with van der Waals surface area (Å²) in [4.78, 5) is 17.0. The zero-order valence-corrected chi connectivity index (χ0v) is 17.6. The molecule has 7 heteroatoms. The molecule has 0 unspecified atom stereocenters. The lowest BCUT2D eigenvalue weighted by Crippen LogP contribution is -2.41. The van der Waals surface area contributed by atoms with Gasteiger partial charge in [0.2, 0.25) is 0 Å². The lowest BCUT2D eigenvalue weighted by molar-refractivity contribution is -0.124. The van der Waals surface area contributed by atoms with E-state index in [2.05, 4.69) is 10.2 Å². The van der Waals surface area contributed by atoms with E-state index in [1.165, 1.54) is 19.3 Å². The third-order valence-electron chi connectivity index (χ3n) is 5.82. The number of hydrogen-bond donors (Lipinski definition) is 1. The SMILES string of the molecule is O=C1/C(=C\c2ccc(OCCN3CCOCC3)cc2)NC(=S)N1C1CCCCC1. The van der Waals surface area contributed by atoms with Crippen LogP contribution in [0, 0.1) is 0 Å². The molecule has 0 bridgehead atoms. The van der Waals surface area contributed by atoms with E-state index in [1.54, 1.807) is 4.90 Å². The van der Waals surface area contributed by atoms with Crippen molar-refractivity contribution in [3.8, 4) is 5.75 Å². The van der Waals surface area contributed by atoms with Crippen LogP contribution in [0.5, 0.6) is 5.75 Å². The largest absolute Gasteiger partial charge is 0.492 e. The van der Waals surface area contributed by atoms with Crippen LogP contribution in [0.1, 0.15) is 37.7 Å². The van der Waals surface area contributed by atoms with Crippen molar-refractivity contribution < 1.29 is 14.3 Å². The van der Waals surface area contributed by atoms with Crippen LogP contribution in [0.15, 0.2) is 30.0 Å². The summed E-state index contributed by atoms with van der Waals surface area (Å²) in [5.41, 5.74) is 1.51. The number of amides is 1. The molecule has 0 aromatic heterocycles. The Morgan fingerprint density at radius 2 is 1.86 bits per heavy atom. The average molecular weight is 416 g/mol. The second-order valence-electron chi connectivity index (χ2n) is 7.83. The molecular formula is C22H29N3O3S. The van der Waals surface area contributed by atoms with Crippen LogP contribution in [-0.2, 0) is 9.53 Å². The molecule has 2 aliphatic heterocycles. The minimum absolute atomic E-state index is 0.00672. The van der Waals surface area contributed by atoms with Crippen LogP contribution < -0.4 is 10.1 Å². The quantitative estimate of drug-likeness (QED) is 0.570. The van der Waals surface area contributed by atoms with Gasteiger partial charge in [0.25, 0.3) is 5.91 Å². The number of rotatable bonds is 6. The predicted octanol–water partition coefficient (Wildman–Crippen LogP) is 2.79. The van der Waals surface area contributed by atoms with Crippen LogP contribution in [0.3, 0.4) is 0 Å². The van der Waals surface area contributed by atoms with Gasteiger partial charge in [0, 0.05) is 25.7 Å². The fourth-order valence-corrected chi connectivity index (χ4v) is 4.51. The van der Waals surface area contributed by atoms with Gasteiger partial charge >= 0.3 is 0 Å². The molecule has 2 heterocycles. The zero-order chi connectivity index (χ0) is 20.1. The number of hydrogen-bond acceptors (Lipinski definition) is 5. The third kappa shape index (κ3) is 5.15. The second-order valence-corrected chi connectivity index (χ2v) is 8.21. The molecule has 0 spiro atoms. The smallest absolute Gasteiger partial charge is 0.276 e. The molecule has 1 aromatic rings. The molecular weight excluding hydrogens is 386 g/mol. The summed E-state index contributed by atoms with van der Waals surface area (Å²) in [5, 5.41) is 3.64. The minimum atomic E-state index is -0.00672. The molecule has 6 nitrogen and oxygen atoms in total. The number of carbonyl (C=O) groups is 1. The maximum absolute atomic E-state index is 12.8. The van der Waals surface area contributed by atoms with Crippen molar-refractivity contribution in [3.63, 3.8) is 0 Å². The first-order valence-electron chi connectivity index (χ1n) is 10.6. The molecule has 1 N–H and O–H groups in total. The Morgan fingerprint density at radius 1 is 1.14 bits per heavy atom. The predicted molar refractivity (Wildman–Crippen MR) is 117 cm³/mol. The fourth-order valence-electron chi connectivity index (χ4n) is 4.16. The van der Waals surface area contributed by atoms with Crippen LogP contribution in [0.2, 0.25) is 0 Å². The molecule has 3 aliphatic rings. The standard InChI is InChI=1S/C22H29N3O3S/c26-21-20(23-22(29)25(21)18-4-2-1-3-5-18)16-17-6-8-19(9-7-17)28-15-12-24-10-13-27-14-11-24/h6-9,16,18H,1-5,10-15H2,(H,23,29)/b20-16+. The van der Waals surface area contributed by atoms with Crippen molar-refractivity contribution in [2.45, 2.75) is 38.1 Å². The number of morpholine rings is 1. The van der Waals surface area contributed by atoms with E-state index in [9.17, 15) is 4.79 Å². The first-order valence-corrected chi connectivity index (χ1v) is 11.0. The van der Waals surface area contributed by atoms with Gasteiger partial charge in [-0.25, -0.2) is 0 Å². The summed E-state index contributed by atoms with van der Waals surface area (Å²) >= 11 is 5.44. The van der Waals surface area contributed by atoms with Gasteiger partial charge in [-0.15, -0.1) is 0 Å². The summed E-state index contributed by atoms with van der Waals surface area (Å²) in [5.74, 6) is 0.832. The molecule has 156 valence electrons. The number of nitrogens with one attached hydrogen (secondary N) is 1. The highest BCUT2D eigenvalue weighted by atomic mass is 32.1. The number of nitrogens with zero attached hydrogens (tertiary/aromatic N) is 2. The summed E-state index contributed by atoms with van der Waals surface area (Å²) in [7, 11) is 0. The second kappa shape index (κ2) is 9.69. The van der Waals surface area contributed by atoms with Crippen molar-refractivity contribution in [2.75, 3.05) is 39.5 Å². The molecule has 1 amide bonds. The maximum atomic E-state index is 12.8. The summed E-state index contributed by atoms with van der Waals surface area (Å²) in [6, 6.07) is 8.07. The molecule has 1 aliphatic carbocycles. The molecule has 2 saturated heterocycles. The normalized spacial score (nSPS) is 22.9. The van der Waals surface area contributed by atoms with E-state index < -0.39 is 0 Å². The highest BCUT2D eigenvalue weighted by molar-refractivity contribution is 7.80. The van der Waals surface area contributed by atoms with Gasteiger partial charge in [-0.1, -0.05) is 31.4 Å². The Kier molecular flexibility index (Phi) is 6.79. The zero-order valence-electron chi connectivity index (χ0n) is 16.8. The monoisotopic (exact) mass is 415 g/mol. The van der Waals surface area contributed by atoms with Gasteiger partial charge in [0.05, 0.1) is 13.2 Å². The third-order valence-corrected chi connectivity index (χ3v) is 6.12. The topological polar surface area (TPSA) is 54.0 Å². The number of thiocarbonyl (C=S) groups is 1. The van der Waals surface area contributed by atoms with Gasteiger partial charge < -0.3 is 14.8 Å². The van der Waals surface area contributed by atoms with Gasteiger partial charge in [-0.2, -0.15) is 0 Å². The van der Waals surface area contributed by atoms with Gasteiger partial charge in [-0.3, -0.25) is 14.6 Å². The van der Waals surface area contributed by atoms with Crippen molar-refractivity contribution in [2.24, 2.45) is 0 Å². The van der Waals surface area contributed by atoms with Crippen LogP contribution in [0.25, 0.3) is 6.08 Å². The molecule has 29 heavy (non-hydrogen) atoms. The van der Waals surface area contributed by atoms with Gasteiger partial charge in [-0.05, 0) is 48.8 Å². The van der Waals surface area contributed by atoms with E-state index in [1.807, 2.05) is 30.3 Å².